The van der Waals surface area contributed by atoms with Crippen LogP contribution in [0.1, 0.15) is 13.3 Å². The van der Waals surface area contributed by atoms with E-state index in [1.54, 1.807) is 0 Å². The number of ether oxygens (including phenoxy) is 1. The fraction of sp³-hybridized carbons (Fsp3) is 0.364. The van der Waals surface area contributed by atoms with E-state index in [-0.39, 0.29) is 0 Å². The number of carbonyl (C=O) groups is 2. The zero-order chi connectivity index (χ0) is 22.6. The van der Waals surface area contributed by atoms with Crippen molar-refractivity contribution in [1.29, 1.82) is 0 Å². The summed E-state index contributed by atoms with van der Waals surface area (Å²) in [5.41, 5.74) is 0.942. The smallest absolute Gasteiger partial charge is 0.229 e. The number of carboxylic acids is 2. The molecule has 0 atom stereocenters. The number of nitrogens with zero attached hydrogens (tertiary/aromatic N) is 4. The molecular weight excluding hydrogens is 400 g/mol. The number of aliphatic carboxylic acids is 2. The molecule has 1 fully saturated rings. The van der Waals surface area contributed by atoms with Crippen LogP contribution in [0.3, 0.4) is 0 Å². The monoisotopic (exact) mass is 426 g/mol. The molecule has 0 amide bonds. The van der Waals surface area contributed by atoms with E-state index in [0.717, 1.165) is 56.0 Å². The Morgan fingerprint density at radius 1 is 1.10 bits per heavy atom. The number of aromatic nitrogens is 2. The van der Waals surface area contributed by atoms with E-state index < -0.39 is 11.9 Å². The molecule has 0 bridgehead atoms. The molecule has 0 radical (unpaired) electrons. The minimum atomic E-state index is -1.55. The van der Waals surface area contributed by atoms with Crippen LogP contribution in [-0.2, 0) is 9.59 Å². The topological polar surface area (TPSA) is 122 Å². The minimum Gasteiger partial charge on any atom is -0.545 e. The van der Waals surface area contributed by atoms with Crippen LogP contribution in [0.5, 0.6) is 5.88 Å². The zero-order valence-electron chi connectivity index (χ0n) is 17.5. The maximum atomic E-state index is 9.41. The predicted molar refractivity (Wildman–Crippen MR) is 113 cm³/mol. The molecule has 0 aliphatic carbocycles. The quantitative estimate of drug-likeness (QED) is 0.416. The number of hydrogen-bond donors (Lipinski definition) is 0. The number of para-hydroxylation sites is 1. The summed E-state index contributed by atoms with van der Waals surface area (Å²) in [5, 5.41) is 19.8. The molecule has 31 heavy (non-hydrogen) atoms. The van der Waals surface area contributed by atoms with Gasteiger partial charge in [-0.1, -0.05) is 25.1 Å². The van der Waals surface area contributed by atoms with Gasteiger partial charge >= 0.3 is 0 Å². The van der Waals surface area contributed by atoms with Gasteiger partial charge in [0.1, 0.15) is 0 Å². The molecule has 0 saturated carbocycles. The van der Waals surface area contributed by atoms with Crippen molar-refractivity contribution in [2.75, 3.05) is 44.2 Å². The minimum absolute atomic E-state index is 0.384. The molecule has 2 heterocycles. The van der Waals surface area contributed by atoms with Crippen molar-refractivity contribution in [3.8, 4) is 5.88 Å². The molecule has 9 heteroatoms. The van der Waals surface area contributed by atoms with Gasteiger partial charge in [-0.15, -0.1) is 6.58 Å². The Morgan fingerprint density at radius 3 is 2.32 bits per heavy atom. The number of carbonyl (C=O) groups excluding carboxylic acids is 2. The SMILES string of the molecule is C=CCN1CCN(c2nc(OCCC)c3ccccc3n2)CC1.O=C([O-])/C=C/C(=O)[O-]. The van der Waals surface area contributed by atoms with Crippen molar-refractivity contribution >= 4 is 28.8 Å². The largest absolute Gasteiger partial charge is 0.545 e. The van der Waals surface area contributed by atoms with Crippen LogP contribution in [0.2, 0.25) is 0 Å². The summed E-state index contributed by atoms with van der Waals surface area (Å²) < 4.78 is 5.86. The van der Waals surface area contributed by atoms with Gasteiger partial charge in [0, 0.05) is 32.7 Å². The van der Waals surface area contributed by atoms with Crippen molar-refractivity contribution in [2.45, 2.75) is 13.3 Å². The van der Waals surface area contributed by atoms with Gasteiger partial charge in [0.15, 0.2) is 0 Å². The summed E-state index contributed by atoms with van der Waals surface area (Å²) in [5.74, 6) is -1.63. The zero-order valence-corrected chi connectivity index (χ0v) is 17.5. The van der Waals surface area contributed by atoms with Crippen molar-refractivity contribution in [3.05, 3.63) is 49.1 Å². The number of rotatable bonds is 8. The third-order valence-corrected chi connectivity index (χ3v) is 4.40. The second-order valence-corrected chi connectivity index (χ2v) is 6.74. The van der Waals surface area contributed by atoms with Crippen LogP contribution < -0.4 is 19.8 Å². The van der Waals surface area contributed by atoms with Crippen molar-refractivity contribution in [3.63, 3.8) is 0 Å². The highest BCUT2D eigenvalue weighted by atomic mass is 16.5. The summed E-state index contributed by atoms with van der Waals surface area (Å²) in [6, 6.07) is 8.04. The van der Waals surface area contributed by atoms with E-state index in [9.17, 15) is 19.8 Å². The summed E-state index contributed by atoms with van der Waals surface area (Å²) in [4.78, 5) is 32.9. The predicted octanol–water partition coefficient (Wildman–Crippen LogP) is -0.231. The van der Waals surface area contributed by atoms with E-state index in [0.29, 0.717) is 24.6 Å². The molecular formula is C22H26N4O5-2. The summed E-state index contributed by atoms with van der Waals surface area (Å²) in [6.45, 7) is 11.4. The van der Waals surface area contributed by atoms with Gasteiger partial charge in [-0.3, -0.25) is 4.90 Å². The lowest BCUT2D eigenvalue weighted by atomic mass is 10.2. The lowest BCUT2D eigenvalue weighted by molar-refractivity contribution is -0.301. The van der Waals surface area contributed by atoms with Crippen LogP contribution in [0.4, 0.5) is 5.95 Å². The molecule has 1 aromatic heterocycles. The number of hydrogen-bond acceptors (Lipinski definition) is 9. The van der Waals surface area contributed by atoms with E-state index >= 15 is 0 Å². The van der Waals surface area contributed by atoms with E-state index in [2.05, 4.69) is 28.3 Å². The summed E-state index contributed by atoms with van der Waals surface area (Å²) >= 11 is 0. The van der Waals surface area contributed by atoms with E-state index in [4.69, 9.17) is 9.72 Å². The second kappa shape index (κ2) is 12.3. The first kappa shape index (κ1) is 23.8. The first-order chi connectivity index (χ1) is 14.9. The number of benzene rings is 1. The Bertz CT molecular complexity index is 907. The molecule has 0 N–H and O–H groups in total. The first-order valence-corrected chi connectivity index (χ1v) is 10.0. The highest BCUT2D eigenvalue weighted by Gasteiger charge is 2.20. The molecule has 0 unspecified atom stereocenters. The average Bonchev–Trinajstić information content (AvgIpc) is 2.77. The highest BCUT2D eigenvalue weighted by molar-refractivity contribution is 5.87. The standard InChI is InChI=1S/C18H24N4O.C4H4O4/c1-3-9-21-10-12-22(13-11-21)18-19-16-8-6-5-7-15(16)17(20-18)23-14-4-2;5-3(6)1-2-4(7)8/h3,5-8H,1,4,9-14H2,2H3;1-2H,(H,5,6)(H,7,8)/p-2/b;2-1+. The van der Waals surface area contributed by atoms with Crippen molar-refractivity contribution in [2.24, 2.45) is 0 Å². The molecule has 9 nitrogen and oxygen atoms in total. The highest BCUT2D eigenvalue weighted by Crippen LogP contribution is 2.26. The third-order valence-electron chi connectivity index (χ3n) is 4.40. The number of fused-ring (bicyclic) bond motifs is 1. The van der Waals surface area contributed by atoms with Gasteiger partial charge in [0.05, 0.1) is 29.4 Å². The van der Waals surface area contributed by atoms with Gasteiger partial charge < -0.3 is 29.4 Å². The van der Waals surface area contributed by atoms with Gasteiger partial charge in [-0.25, -0.2) is 4.98 Å². The Morgan fingerprint density at radius 2 is 1.74 bits per heavy atom. The van der Waals surface area contributed by atoms with E-state index in [1.165, 1.54) is 0 Å². The van der Waals surface area contributed by atoms with Crippen LogP contribution in [-0.4, -0.2) is 66.1 Å². The summed E-state index contributed by atoms with van der Waals surface area (Å²) in [6.07, 6.45) is 3.69. The fourth-order valence-corrected chi connectivity index (χ4v) is 2.94. The Hall–Kier alpha value is -3.46. The van der Waals surface area contributed by atoms with Crippen molar-refractivity contribution in [1.82, 2.24) is 14.9 Å². The van der Waals surface area contributed by atoms with Crippen molar-refractivity contribution < 1.29 is 24.5 Å². The first-order valence-electron chi connectivity index (χ1n) is 10.0. The Kier molecular flexibility index (Phi) is 9.44. The third kappa shape index (κ3) is 7.71. The molecule has 1 aliphatic heterocycles. The van der Waals surface area contributed by atoms with Crippen LogP contribution in [0.25, 0.3) is 10.9 Å². The van der Waals surface area contributed by atoms with Gasteiger partial charge in [-0.05, 0) is 30.7 Å². The molecule has 1 aliphatic rings. The van der Waals surface area contributed by atoms with Crippen LogP contribution in [0.15, 0.2) is 49.1 Å². The number of anilines is 1. The lowest BCUT2D eigenvalue weighted by Gasteiger charge is -2.34. The molecule has 1 aromatic carbocycles. The Labute approximate surface area is 181 Å². The molecule has 166 valence electrons. The molecule has 3 rings (SSSR count). The van der Waals surface area contributed by atoms with Gasteiger partial charge in [-0.2, -0.15) is 4.98 Å². The average molecular weight is 426 g/mol. The molecule has 1 saturated heterocycles. The van der Waals surface area contributed by atoms with Crippen LogP contribution >= 0.6 is 0 Å². The normalized spacial score (nSPS) is 14.2. The maximum Gasteiger partial charge on any atom is 0.229 e. The van der Waals surface area contributed by atoms with Gasteiger partial charge in [0.25, 0.3) is 0 Å². The number of carboxylic acid groups (broad SMARTS) is 2. The summed E-state index contributed by atoms with van der Waals surface area (Å²) in [7, 11) is 0. The molecule has 0 spiro atoms. The second-order valence-electron chi connectivity index (χ2n) is 6.74. The fourth-order valence-electron chi connectivity index (χ4n) is 2.94. The maximum absolute atomic E-state index is 9.41. The molecule has 2 aromatic rings. The Balaban J connectivity index is 0.000000366. The number of piperazine rings is 1. The lowest BCUT2D eigenvalue weighted by Crippen LogP contribution is -2.46. The van der Waals surface area contributed by atoms with Crippen LogP contribution in [0, 0.1) is 0 Å². The van der Waals surface area contributed by atoms with Gasteiger partial charge in [0.2, 0.25) is 11.8 Å². The van der Waals surface area contributed by atoms with E-state index in [1.807, 2.05) is 30.3 Å².